The number of benzene rings is 1. The number of hydrogen-bond donors (Lipinski definition) is 1. The van der Waals surface area contributed by atoms with Crippen LogP contribution in [0.3, 0.4) is 0 Å². The van der Waals surface area contributed by atoms with Gasteiger partial charge in [0, 0.05) is 22.0 Å². The zero-order chi connectivity index (χ0) is 15.1. The second kappa shape index (κ2) is 8.66. The van der Waals surface area contributed by atoms with Gasteiger partial charge in [0.1, 0.15) is 0 Å². The van der Waals surface area contributed by atoms with Gasteiger partial charge in [-0.2, -0.15) is 0 Å². The molecule has 114 valence electrons. The van der Waals surface area contributed by atoms with Crippen molar-refractivity contribution in [1.29, 1.82) is 0 Å². The van der Waals surface area contributed by atoms with Crippen LogP contribution in [0.2, 0.25) is 0 Å². The molecule has 0 radical (unpaired) electrons. The van der Waals surface area contributed by atoms with Crippen molar-refractivity contribution in [3.8, 4) is 0 Å². The molecule has 1 aromatic heterocycles. The van der Waals surface area contributed by atoms with E-state index in [1.807, 2.05) is 0 Å². The molecule has 0 saturated heterocycles. The van der Waals surface area contributed by atoms with Crippen molar-refractivity contribution in [2.45, 2.75) is 33.1 Å². The summed E-state index contributed by atoms with van der Waals surface area (Å²) in [6.07, 6.45) is 3.33. The predicted molar refractivity (Wildman–Crippen MR) is 95.1 cm³/mol. The fourth-order valence-electron chi connectivity index (χ4n) is 2.44. The number of nitrogens with zero attached hydrogens (tertiary/aromatic N) is 1. The van der Waals surface area contributed by atoms with Gasteiger partial charge in [0.2, 0.25) is 0 Å². The van der Waals surface area contributed by atoms with Gasteiger partial charge >= 0.3 is 0 Å². The van der Waals surface area contributed by atoms with Crippen LogP contribution in [0.15, 0.2) is 34.1 Å². The SMILES string of the molecule is CCCNCC(Cc1cccc(Br)c1)Cc1nc(C)cs1. The van der Waals surface area contributed by atoms with E-state index in [1.54, 1.807) is 11.3 Å². The summed E-state index contributed by atoms with van der Waals surface area (Å²) >= 11 is 5.34. The minimum Gasteiger partial charge on any atom is -0.316 e. The number of aromatic nitrogens is 1. The second-order valence-corrected chi connectivity index (χ2v) is 7.35. The molecule has 1 heterocycles. The van der Waals surface area contributed by atoms with E-state index in [4.69, 9.17) is 0 Å². The number of thiazole rings is 1. The monoisotopic (exact) mass is 366 g/mol. The maximum atomic E-state index is 4.62. The zero-order valence-electron chi connectivity index (χ0n) is 12.7. The highest BCUT2D eigenvalue weighted by Gasteiger charge is 2.13. The summed E-state index contributed by atoms with van der Waals surface area (Å²) in [5, 5.41) is 6.96. The summed E-state index contributed by atoms with van der Waals surface area (Å²) in [5.41, 5.74) is 2.53. The summed E-state index contributed by atoms with van der Waals surface area (Å²) in [6.45, 7) is 6.42. The van der Waals surface area contributed by atoms with Crippen molar-refractivity contribution in [3.05, 3.63) is 50.4 Å². The van der Waals surface area contributed by atoms with Crippen LogP contribution < -0.4 is 5.32 Å². The quantitative estimate of drug-likeness (QED) is 0.689. The van der Waals surface area contributed by atoms with Crippen molar-refractivity contribution < 1.29 is 0 Å². The Balaban J connectivity index is 2.00. The van der Waals surface area contributed by atoms with E-state index in [9.17, 15) is 0 Å². The third-order valence-corrected chi connectivity index (χ3v) is 4.89. The fourth-order valence-corrected chi connectivity index (χ4v) is 3.77. The van der Waals surface area contributed by atoms with Gasteiger partial charge < -0.3 is 5.32 Å². The minimum atomic E-state index is 0.594. The van der Waals surface area contributed by atoms with Crippen LogP contribution in [-0.4, -0.2) is 18.1 Å². The Morgan fingerprint density at radius 2 is 2.19 bits per heavy atom. The highest BCUT2D eigenvalue weighted by Crippen LogP contribution is 2.19. The number of aryl methyl sites for hydroxylation is 1. The topological polar surface area (TPSA) is 24.9 Å². The van der Waals surface area contributed by atoms with Crippen LogP contribution >= 0.6 is 27.3 Å². The summed E-state index contributed by atoms with van der Waals surface area (Å²) in [5.74, 6) is 0.594. The van der Waals surface area contributed by atoms with Gasteiger partial charge in [-0.25, -0.2) is 4.98 Å². The number of nitrogens with one attached hydrogen (secondary N) is 1. The molecule has 0 aliphatic rings. The average molecular weight is 367 g/mol. The van der Waals surface area contributed by atoms with E-state index < -0.39 is 0 Å². The van der Waals surface area contributed by atoms with Crippen LogP contribution in [0.25, 0.3) is 0 Å². The fraction of sp³-hybridized carbons (Fsp3) is 0.471. The molecule has 2 aromatic rings. The molecule has 1 N–H and O–H groups in total. The highest BCUT2D eigenvalue weighted by atomic mass is 79.9. The van der Waals surface area contributed by atoms with Crippen LogP contribution in [0.1, 0.15) is 29.6 Å². The summed E-state index contributed by atoms with van der Waals surface area (Å²) < 4.78 is 1.16. The van der Waals surface area contributed by atoms with Gasteiger partial charge in [-0.3, -0.25) is 0 Å². The predicted octanol–water partition coefficient (Wildman–Crippen LogP) is 4.62. The summed E-state index contributed by atoms with van der Waals surface area (Å²) in [4.78, 5) is 4.62. The number of halogens is 1. The van der Waals surface area contributed by atoms with Gasteiger partial charge in [-0.05, 0) is 56.5 Å². The Bertz CT molecular complexity index is 553. The molecule has 0 amide bonds. The van der Waals surface area contributed by atoms with Crippen molar-refractivity contribution in [1.82, 2.24) is 10.3 Å². The normalized spacial score (nSPS) is 12.5. The lowest BCUT2D eigenvalue weighted by atomic mass is 9.96. The van der Waals surface area contributed by atoms with Gasteiger partial charge in [-0.15, -0.1) is 11.3 Å². The first kappa shape index (κ1) is 16.7. The molecule has 0 saturated carbocycles. The first-order valence-electron chi connectivity index (χ1n) is 7.53. The Morgan fingerprint density at radius 3 is 2.86 bits per heavy atom. The molecule has 0 aliphatic carbocycles. The van der Waals surface area contributed by atoms with E-state index in [0.29, 0.717) is 5.92 Å². The van der Waals surface area contributed by atoms with Crippen LogP contribution in [0, 0.1) is 12.8 Å². The molecule has 0 spiro atoms. The van der Waals surface area contributed by atoms with Gasteiger partial charge in [0.15, 0.2) is 0 Å². The maximum Gasteiger partial charge on any atom is 0.0931 e. The van der Waals surface area contributed by atoms with Gasteiger partial charge in [0.25, 0.3) is 0 Å². The lowest BCUT2D eigenvalue weighted by Crippen LogP contribution is -2.26. The molecule has 0 bridgehead atoms. The van der Waals surface area contributed by atoms with E-state index in [2.05, 4.69) is 69.7 Å². The third kappa shape index (κ3) is 5.89. The third-order valence-electron chi connectivity index (χ3n) is 3.40. The van der Waals surface area contributed by atoms with Crippen molar-refractivity contribution in [2.24, 2.45) is 5.92 Å². The van der Waals surface area contributed by atoms with E-state index in [1.165, 1.54) is 17.0 Å². The smallest absolute Gasteiger partial charge is 0.0931 e. The van der Waals surface area contributed by atoms with E-state index in [-0.39, 0.29) is 0 Å². The first-order chi connectivity index (χ1) is 10.2. The van der Waals surface area contributed by atoms with Gasteiger partial charge in [-0.1, -0.05) is 35.0 Å². The van der Waals surface area contributed by atoms with Crippen LogP contribution in [-0.2, 0) is 12.8 Å². The minimum absolute atomic E-state index is 0.594. The molecular formula is C17H23BrN2S. The molecule has 2 rings (SSSR count). The van der Waals surface area contributed by atoms with Gasteiger partial charge in [0.05, 0.1) is 5.01 Å². The lowest BCUT2D eigenvalue weighted by molar-refractivity contribution is 0.470. The lowest BCUT2D eigenvalue weighted by Gasteiger charge is -2.17. The zero-order valence-corrected chi connectivity index (χ0v) is 15.1. The molecule has 1 atom stereocenters. The van der Waals surface area contributed by atoms with Crippen LogP contribution in [0.5, 0.6) is 0 Å². The van der Waals surface area contributed by atoms with Crippen molar-refractivity contribution >= 4 is 27.3 Å². The van der Waals surface area contributed by atoms with Crippen LogP contribution in [0.4, 0.5) is 0 Å². The van der Waals surface area contributed by atoms with Crippen molar-refractivity contribution in [2.75, 3.05) is 13.1 Å². The molecule has 0 aliphatic heterocycles. The van der Waals surface area contributed by atoms with Crippen molar-refractivity contribution in [3.63, 3.8) is 0 Å². The van der Waals surface area contributed by atoms with E-state index >= 15 is 0 Å². The molecular weight excluding hydrogens is 344 g/mol. The standard InChI is InChI=1S/C17H23BrN2S/c1-3-7-19-11-15(10-17-20-13(2)12-21-17)8-14-5-4-6-16(18)9-14/h4-6,9,12,15,19H,3,7-8,10-11H2,1-2H3. The molecule has 2 nitrogen and oxygen atoms in total. The maximum absolute atomic E-state index is 4.62. The highest BCUT2D eigenvalue weighted by molar-refractivity contribution is 9.10. The number of hydrogen-bond acceptors (Lipinski definition) is 3. The van der Waals surface area contributed by atoms with E-state index in [0.717, 1.165) is 36.1 Å². The Hall–Kier alpha value is -0.710. The summed E-state index contributed by atoms with van der Waals surface area (Å²) in [6, 6.07) is 8.63. The molecule has 21 heavy (non-hydrogen) atoms. The molecule has 1 unspecified atom stereocenters. The first-order valence-corrected chi connectivity index (χ1v) is 9.20. The molecule has 4 heteroatoms. The summed E-state index contributed by atoms with van der Waals surface area (Å²) in [7, 11) is 0. The number of rotatable bonds is 8. The largest absolute Gasteiger partial charge is 0.316 e. The molecule has 1 aromatic carbocycles. The Kier molecular flexibility index (Phi) is 6.87. The average Bonchev–Trinajstić information content (AvgIpc) is 2.84. The molecule has 0 fully saturated rings. The Labute approximate surface area is 140 Å². The second-order valence-electron chi connectivity index (χ2n) is 5.49. The Morgan fingerprint density at radius 1 is 1.33 bits per heavy atom.